The lowest BCUT2D eigenvalue weighted by atomic mass is 10.1. The minimum Gasteiger partial charge on any atom is -0.348 e. The average Bonchev–Trinajstić information content (AvgIpc) is 2.34. The van der Waals surface area contributed by atoms with E-state index >= 15 is 0 Å². The van der Waals surface area contributed by atoms with E-state index in [1.54, 1.807) is 0 Å². The number of benzene rings is 1. The van der Waals surface area contributed by atoms with Crippen LogP contribution in [0, 0.1) is 0 Å². The highest BCUT2D eigenvalue weighted by atomic mass is 35.5. The van der Waals surface area contributed by atoms with E-state index in [9.17, 15) is 22.8 Å². The molecule has 1 aromatic rings. The van der Waals surface area contributed by atoms with Crippen molar-refractivity contribution < 1.29 is 22.8 Å². The van der Waals surface area contributed by atoms with Gasteiger partial charge >= 0.3 is 6.18 Å². The second-order valence-corrected chi connectivity index (χ2v) is 3.68. The number of nitrogens with one attached hydrogen (secondary N) is 1. The van der Waals surface area contributed by atoms with Crippen LogP contribution < -0.4 is 5.32 Å². The van der Waals surface area contributed by atoms with Crippen LogP contribution in [0.15, 0.2) is 24.3 Å². The van der Waals surface area contributed by atoms with Crippen molar-refractivity contribution >= 4 is 23.3 Å². The van der Waals surface area contributed by atoms with Gasteiger partial charge in [0, 0.05) is 5.56 Å². The molecule has 0 aromatic heterocycles. The molecule has 0 atom stereocenters. The summed E-state index contributed by atoms with van der Waals surface area (Å²) in [5.74, 6) is -1.48. The number of amides is 1. The molecule has 1 amide bonds. The summed E-state index contributed by atoms with van der Waals surface area (Å²) in [5.41, 5.74) is -1.02. The maximum absolute atomic E-state index is 12.4. The lowest BCUT2D eigenvalue weighted by Gasteiger charge is -2.08. The predicted octanol–water partition coefficient (Wildman–Crippen LogP) is 2.24. The number of ketones is 1. The van der Waals surface area contributed by atoms with Crippen LogP contribution in [0.25, 0.3) is 0 Å². The molecule has 0 aliphatic carbocycles. The molecule has 0 saturated heterocycles. The van der Waals surface area contributed by atoms with Crippen molar-refractivity contribution in [3.8, 4) is 0 Å². The molecule has 0 aliphatic rings. The van der Waals surface area contributed by atoms with E-state index in [-0.39, 0.29) is 18.0 Å². The van der Waals surface area contributed by atoms with Crippen LogP contribution in [-0.4, -0.2) is 24.1 Å². The molecule has 0 aliphatic heterocycles. The molecule has 0 unspecified atom stereocenters. The number of hydrogen-bond acceptors (Lipinski definition) is 2. The SMILES string of the molecule is O=C(CCl)NCC(=O)c1cccc(C(F)(F)F)c1. The van der Waals surface area contributed by atoms with Crippen molar-refractivity contribution in [3.63, 3.8) is 0 Å². The molecule has 1 N–H and O–H groups in total. The molecule has 98 valence electrons. The first-order chi connectivity index (χ1) is 8.34. The van der Waals surface area contributed by atoms with E-state index in [0.29, 0.717) is 0 Å². The second kappa shape index (κ2) is 5.86. The van der Waals surface area contributed by atoms with E-state index < -0.39 is 23.4 Å². The number of rotatable bonds is 4. The summed E-state index contributed by atoms with van der Waals surface area (Å²) in [6, 6.07) is 4.01. The van der Waals surface area contributed by atoms with Gasteiger partial charge in [-0.1, -0.05) is 12.1 Å². The molecule has 0 spiro atoms. The second-order valence-electron chi connectivity index (χ2n) is 3.41. The van der Waals surface area contributed by atoms with Gasteiger partial charge in [0.05, 0.1) is 12.1 Å². The van der Waals surface area contributed by atoms with E-state index in [1.807, 2.05) is 0 Å². The zero-order valence-corrected chi connectivity index (χ0v) is 9.81. The number of alkyl halides is 4. The van der Waals surface area contributed by atoms with Gasteiger partial charge in [0.15, 0.2) is 5.78 Å². The Bertz CT molecular complexity index is 460. The molecule has 7 heteroatoms. The Morgan fingerprint density at radius 3 is 2.50 bits per heavy atom. The van der Waals surface area contributed by atoms with Crippen LogP contribution >= 0.6 is 11.6 Å². The van der Waals surface area contributed by atoms with Gasteiger partial charge in [0.1, 0.15) is 5.88 Å². The lowest BCUT2D eigenvalue weighted by molar-refractivity contribution is -0.137. The summed E-state index contributed by atoms with van der Waals surface area (Å²) in [4.78, 5) is 22.3. The summed E-state index contributed by atoms with van der Waals surface area (Å²) >= 11 is 5.19. The van der Waals surface area contributed by atoms with E-state index in [2.05, 4.69) is 5.32 Å². The monoisotopic (exact) mass is 279 g/mol. The van der Waals surface area contributed by atoms with Crippen LogP contribution in [-0.2, 0) is 11.0 Å². The Labute approximate surface area is 106 Å². The largest absolute Gasteiger partial charge is 0.416 e. The standard InChI is InChI=1S/C11H9ClF3NO2/c12-5-10(18)16-6-9(17)7-2-1-3-8(4-7)11(13,14)15/h1-4H,5-6H2,(H,16,18). The molecule has 3 nitrogen and oxygen atoms in total. The predicted molar refractivity (Wildman–Crippen MR) is 59.5 cm³/mol. The fraction of sp³-hybridized carbons (Fsp3) is 0.273. The van der Waals surface area contributed by atoms with Gasteiger partial charge in [-0.2, -0.15) is 13.2 Å². The van der Waals surface area contributed by atoms with Gasteiger partial charge in [0.25, 0.3) is 0 Å². The van der Waals surface area contributed by atoms with E-state index in [1.165, 1.54) is 6.07 Å². The summed E-state index contributed by atoms with van der Waals surface area (Å²) in [5, 5.41) is 2.19. The molecule has 0 radical (unpaired) electrons. The first-order valence-electron chi connectivity index (χ1n) is 4.87. The van der Waals surface area contributed by atoms with Crippen molar-refractivity contribution in [2.45, 2.75) is 6.18 Å². The van der Waals surface area contributed by atoms with Crippen molar-refractivity contribution in [1.82, 2.24) is 5.32 Å². The minimum atomic E-state index is -4.50. The zero-order valence-electron chi connectivity index (χ0n) is 9.05. The molecular weight excluding hydrogens is 271 g/mol. The number of halogens is 4. The smallest absolute Gasteiger partial charge is 0.348 e. The Morgan fingerprint density at radius 1 is 1.28 bits per heavy atom. The van der Waals surface area contributed by atoms with Gasteiger partial charge < -0.3 is 5.32 Å². The van der Waals surface area contributed by atoms with Gasteiger partial charge in [-0.15, -0.1) is 11.6 Å². The van der Waals surface area contributed by atoms with Gasteiger partial charge in [-0.3, -0.25) is 9.59 Å². The van der Waals surface area contributed by atoms with Gasteiger partial charge in [-0.25, -0.2) is 0 Å². The summed E-state index contributed by atoms with van der Waals surface area (Å²) in [6.45, 7) is -0.382. The molecule has 18 heavy (non-hydrogen) atoms. The Morgan fingerprint density at radius 2 is 1.94 bits per heavy atom. The van der Waals surface area contributed by atoms with Crippen LogP contribution in [0.4, 0.5) is 13.2 Å². The molecule has 0 saturated carbocycles. The molecule has 1 aromatic carbocycles. The third kappa shape index (κ3) is 4.03. The third-order valence-electron chi connectivity index (χ3n) is 2.08. The van der Waals surface area contributed by atoms with Crippen molar-refractivity contribution in [2.24, 2.45) is 0 Å². The van der Waals surface area contributed by atoms with Crippen LogP contribution in [0.1, 0.15) is 15.9 Å². The highest BCUT2D eigenvalue weighted by Crippen LogP contribution is 2.29. The van der Waals surface area contributed by atoms with E-state index in [4.69, 9.17) is 11.6 Å². The van der Waals surface area contributed by atoms with Crippen molar-refractivity contribution in [3.05, 3.63) is 35.4 Å². The minimum absolute atomic E-state index is 0.111. The topological polar surface area (TPSA) is 46.2 Å². The van der Waals surface area contributed by atoms with Crippen molar-refractivity contribution in [1.29, 1.82) is 0 Å². The zero-order chi connectivity index (χ0) is 13.8. The summed E-state index contributed by atoms with van der Waals surface area (Å²) in [6.07, 6.45) is -4.50. The average molecular weight is 280 g/mol. The molecule has 0 fully saturated rings. The molecular formula is C11H9ClF3NO2. The summed E-state index contributed by atoms with van der Waals surface area (Å²) < 4.78 is 37.2. The highest BCUT2D eigenvalue weighted by molar-refractivity contribution is 6.27. The molecule has 0 heterocycles. The van der Waals surface area contributed by atoms with E-state index in [0.717, 1.165) is 18.2 Å². The van der Waals surface area contributed by atoms with Gasteiger partial charge in [-0.05, 0) is 12.1 Å². The quantitative estimate of drug-likeness (QED) is 0.679. The normalized spacial score (nSPS) is 11.1. The fourth-order valence-electron chi connectivity index (χ4n) is 1.20. The molecule has 0 bridgehead atoms. The maximum atomic E-state index is 12.4. The summed E-state index contributed by atoms with van der Waals surface area (Å²) in [7, 11) is 0. The van der Waals surface area contributed by atoms with Crippen LogP contribution in [0.3, 0.4) is 0 Å². The van der Waals surface area contributed by atoms with Crippen LogP contribution in [0.5, 0.6) is 0 Å². The number of Topliss-reactive ketones (excluding diaryl/α,β-unsaturated/α-hetero) is 1. The fourth-order valence-corrected chi connectivity index (χ4v) is 1.29. The Kier molecular flexibility index (Phi) is 4.72. The van der Waals surface area contributed by atoms with Crippen LogP contribution in [0.2, 0.25) is 0 Å². The third-order valence-corrected chi connectivity index (χ3v) is 2.32. The number of hydrogen-bond donors (Lipinski definition) is 1. The lowest BCUT2D eigenvalue weighted by Crippen LogP contribution is -2.30. The Balaban J connectivity index is 2.78. The number of carbonyl (C=O) groups is 2. The first kappa shape index (κ1) is 14.5. The highest BCUT2D eigenvalue weighted by Gasteiger charge is 2.30. The number of carbonyl (C=O) groups excluding carboxylic acids is 2. The van der Waals surface area contributed by atoms with Gasteiger partial charge in [0.2, 0.25) is 5.91 Å². The molecule has 1 rings (SSSR count). The first-order valence-corrected chi connectivity index (χ1v) is 5.41. The van der Waals surface area contributed by atoms with Crippen molar-refractivity contribution in [2.75, 3.05) is 12.4 Å². The Hall–Kier alpha value is -1.56. The maximum Gasteiger partial charge on any atom is 0.416 e.